The summed E-state index contributed by atoms with van der Waals surface area (Å²) in [6, 6.07) is 2.75. The van der Waals surface area contributed by atoms with Crippen LogP contribution in [0.15, 0.2) is 12.1 Å². The van der Waals surface area contributed by atoms with Crippen molar-refractivity contribution in [1.29, 1.82) is 0 Å². The highest BCUT2D eigenvalue weighted by Gasteiger charge is 2.38. The number of ether oxygens (including phenoxy) is 2. The van der Waals surface area contributed by atoms with E-state index >= 15 is 0 Å². The maximum absolute atomic E-state index is 13.4. The van der Waals surface area contributed by atoms with Crippen LogP contribution in [0.25, 0.3) is 0 Å². The van der Waals surface area contributed by atoms with Crippen molar-refractivity contribution in [3.8, 4) is 11.5 Å². The maximum atomic E-state index is 13.4. The van der Waals surface area contributed by atoms with Crippen LogP contribution in [0.1, 0.15) is 24.8 Å². The molecule has 1 aromatic rings. The Kier molecular flexibility index (Phi) is 2.76. The summed E-state index contributed by atoms with van der Waals surface area (Å²) in [4.78, 5) is 0. The van der Waals surface area contributed by atoms with Gasteiger partial charge in [-0.25, -0.2) is 4.39 Å². The van der Waals surface area contributed by atoms with Gasteiger partial charge in [-0.3, -0.25) is 0 Å². The first-order valence-electron chi connectivity index (χ1n) is 5.31. The van der Waals surface area contributed by atoms with Crippen molar-refractivity contribution in [2.24, 2.45) is 5.73 Å². The van der Waals surface area contributed by atoms with Crippen molar-refractivity contribution in [2.75, 3.05) is 14.2 Å². The monoisotopic (exact) mass is 225 g/mol. The van der Waals surface area contributed by atoms with Crippen molar-refractivity contribution in [1.82, 2.24) is 0 Å². The van der Waals surface area contributed by atoms with Gasteiger partial charge in [0, 0.05) is 17.2 Å². The summed E-state index contributed by atoms with van der Waals surface area (Å²) in [6.45, 7) is 0. The Balaban J connectivity index is 2.53. The van der Waals surface area contributed by atoms with Gasteiger partial charge in [0.2, 0.25) is 0 Å². The van der Waals surface area contributed by atoms with E-state index < -0.39 is 5.54 Å². The number of rotatable bonds is 3. The molecule has 0 spiro atoms. The predicted octanol–water partition coefficient (Wildman–Crippen LogP) is 2.18. The molecular weight excluding hydrogens is 209 g/mol. The Hall–Kier alpha value is -1.29. The van der Waals surface area contributed by atoms with E-state index in [-0.39, 0.29) is 5.82 Å². The van der Waals surface area contributed by atoms with E-state index in [0.29, 0.717) is 17.1 Å². The second-order valence-electron chi connectivity index (χ2n) is 4.20. The predicted molar refractivity (Wildman–Crippen MR) is 59.2 cm³/mol. The quantitative estimate of drug-likeness (QED) is 0.857. The van der Waals surface area contributed by atoms with Gasteiger partial charge in [-0.05, 0) is 25.3 Å². The second kappa shape index (κ2) is 3.94. The molecule has 0 unspecified atom stereocenters. The third kappa shape index (κ3) is 1.63. The molecular formula is C12H16FNO2. The van der Waals surface area contributed by atoms with Crippen LogP contribution in [-0.4, -0.2) is 14.2 Å². The first-order valence-corrected chi connectivity index (χ1v) is 5.31. The Morgan fingerprint density at radius 2 is 1.94 bits per heavy atom. The van der Waals surface area contributed by atoms with E-state index in [4.69, 9.17) is 15.2 Å². The standard InChI is InChI=1S/C12H16FNO2/c1-15-10-7-8(13)6-9(11(10)16-2)12(14)4-3-5-12/h6-7H,3-5,14H2,1-2H3. The molecule has 4 heteroatoms. The Labute approximate surface area is 94.3 Å². The molecule has 0 bridgehead atoms. The van der Waals surface area contributed by atoms with Gasteiger partial charge >= 0.3 is 0 Å². The molecule has 1 aliphatic carbocycles. The molecule has 0 atom stereocenters. The molecule has 1 saturated carbocycles. The van der Waals surface area contributed by atoms with Gasteiger partial charge in [-0.2, -0.15) is 0 Å². The Morgan fingerprint density at radius 3 is 2.38 bits per heavy atom. The van der Waals surface area contributed by atoms with Crippen LogP contribution in [0.4, 0.5) is 4.39 Å². The van der Waals surface area contributed by atoms with Crippen LogP contribution in [0.5, 0.6) is 11.5 Å². The molecule has 0 aliphatic heterocycles. The van der Waals surface area contributed by atoms with Gasteiger partial charge in [-0.15, -0.1) is 0 Å². The number of nitrogens with two attached hydrogens (primary N) is 1. The SMILES string of the molecule is COc1cc(F)cc(C2(N)CCC2)c1OC. The van der Waals surface area contributed by atoms with E-state index in [1.807, 2.05) is 0 Å². The number of halogens is 1. The molecule has 0 saturated heterocycles. The summed E-state index contributed by atoms with van der Waals surface area (Å²) >= 11 is 0. The molecule has 2 rings (SSSR count). The summed E-state index contributed by atoms with van der Waals surface area (Å²) in [5, 5.41) is 0. The normalized spacial score (nSPS) is 17.8. The first kappa shape index (κ1) is 11.2. The Bertz CT molecular complexity index is 402. The average Bonchev–Trinajstić information content (AvgIpc) is 2.24. The van der Waals surface area contributed by atoms with Crippen LogP contribution >= 0.6 is 0 Å². The highest BCUT2D eigenvalue weighted by Crippen LogP contribution is 2.46. The molecule has 88 valence electrons. The van der Waals surface area contributed by atoms with Gasteiger partial charge in [0.05, 0.1) is 14.2 Å². The van der Waals surface area contributed by atoms with Gasteiger partial charge in [0.1, 0.15) is 5.82 Å². The zero-order chi connectivity index (χ0) is 11.8. The van der Waals surface area contributed by atoms with Crippen LogP contribution in [-0.2, 0) is 5.54 Å². The van der Waals surface area contributed by atoms with Crippen molar-refractivity contribution in [3.63, 3.8) is 0 Å². The van der Waals surface area contributed by atoms with E-state index in [2.05, 4.69) is 0 Å². The summed E-state index contributed by atoms with van der Waals surface area (Å²) in [5.41, 5.74) is 6.44. The lowest BCUT2D eigenvalue weighted by Gasteiger charge is -2.39. The zero-order valence-electron chi connectivity index (χ0n) is 9.55. The van der Waals surface area contributed by atoms with Crippen molar-refractivity contribution in [3.05, 3.63) is 23.5 Å². The lowest BCUT2D eigenvalue weighted by atomic mass is 9.72. The van der Waals surface area contributed by atoms with Crippen LogP contribution in [0.2, 0.25) is 0 Å². The lowest BCUT2D eigenvalue weighted by Crippen LogP contribution is -2.43. The topological polar surface area (TPSA) is 44.5 Å². The minimum Gasteiger partial charge on any atom is -0.493 e. The fourth-order valence-corrected chi connectivity index (χ4v) is 2.13. The fourth-order valence-electron chi connectivity index (χ4n) is 2.13. The van der Waals surface area contributed by atoms with Crippen molar-refractivity contribution >= 4 is 0 Å². The minimum absolute atomic E-state index is 0.343. The van der Waals surface area contributed by atoms with Crippen LogP contribution in [0, 0.1) is 5.82 Å². The summed E-state index contributed by atoms with van der Waals surface area (Å²) < 4.78 is 23.8. The van der Waals surface area contributed by atoms with Crippen molar-refractivity contribution in [2.45, 2.75) is 24.8 Å². The highest BCUT2D eigenvalue weighted by molar-refractivity contribution is 5.51. The van der Waals surface area contributed by atoms with Crippen molar-refractivity contribution < 1.29 is 13.9 Å². The largest absolute Gasteiger partial charge is 0.493 e. The summed E-state index contributed by atoms with van der Waals surface area (Å²) in [5.74, 6) is 0.602. The van der Waals surface area contributed by atoms with Gasteiger partial charge in [-0.1, -0.05) is 0 Å². The lowest BCUT2D eigenvalue weighted by molar-refractivity contribution is 0.239. The number of hydrogen-bond donors (Lipinski definition) is 1. The summed E-state index contributed by atoms with van der Waals surface area (Å²) in [6.07, 6.45) is 2.78. The molecule has 1 aromatic carbocycles. The molecule has 0 aromatic heterocycles. The van der Waals surface area contributed by atoms with Gasteiger partial charge in [0.15, 0.2) is 11.5 Å². The number of benzene rings is 1. The third-order valence-corrected chi connectivity index (χ3v) is 3.23. The van der Waals surface area contributed by atoms with Crippen LogP contribution < -0.4 is 15.2 Å². The highest BCUT2D eigenvalue weighted by atomic mass is 19.1. The molecule has 0 radical (unpaired) electrons. The van der Waals surface area contributed by atoms with E-state index in [0.717, 1.165) is 19.3 Å². The molecule has 2 N–H and O–H groups in total. The number of hydrogen-bond acceptors (Lipinski definition) is 3. The first-order chi connectivity index (χ1) is 7.60. The maximum Gasteiger partial charge on any atom is 0.165 e. The average molecular weight is 225 g/mol. The van der Waals surface area contributed by atoms with Gasteiger partial charge in [0.25, 0.3) is 0 Å². The summed E-state index contributed by atoms with van der Waals surface area (Å²) in [7, 11) is 3.03. The fraction of sp³-hybridized carbons (Fsp3) is 0.500. The Morgan fingerprint density at radius 1 is 1.25 bits per heavy atom. The third-order valence-electron chi connectivity index (χ3n) is 3.23. The molecule has 0 amide bonds. The second-order valence-corrected chi connectivity index (χ2v) is 4.20. The molecule has 0 heterocycles. The minimum atomic E-state index is -0.458. The molecule has 1 aliphatic rings. The van der Waals surface area contributed by atoms with Gasteiger partial charge < -0.3 is 15.2 Å². The molecule has 3 nitrogen and oxygen atoms in total. The molecule has 16 heavy (non-hydrogen) atoms. The number of methoxy groups -OCH3 is 2. The van der Waals surface area contributed by atoms with E-state index in [1.54, 1.807) is 7.11 Å². The van der Waals surface area contributed by atoms with E-state index in [1.165, 1.54) is 19.2 Å². The molecule has 1 fully saturated rings. The zero-order valence-corrected chi connectivity index (χ0v) is 9.55. The van der Waals surface area contributed by atoms with E-state index in [9.17, 15) is 4.39 Å². The smallest absolute Gasteiger partial charge is 0.165 e. The van der Waals surface area contributed by atoms with Crippen LogP contribution in [0.3, 0.4) is 0 Å².